The Morgan fingerprint density at radius 3 is 2.27 bits per heavy atom. The molecule has 2 bridgehead atoms. The van der Waals surface area contributed by atoms with E-state index in [4.69, 9.17) is 39.5 Å². The summed E-state index contributed by atoms with van der Waals surface area (Å²) in [6, 6.07) is 25.6. The van der Waals surface area contributed by atoms with Gasteiger partial charge in [0.05, 0.1) is 24.8 Å². The summed E-state index contributed by atoms with van der Waals surface area (Å²) in [6.07, 6.45) is 11.6. The fourth-order valence-corrected chi connectivity index (χ4v) is 9.76. The monoisotopic (exact) mass is 851 g/mol. The summed E-state index contributed by atoms with van der Waals surface area (Å²) in [6.45, 7) is 13.0. The smallest absolute Gasteiger partial charge is 0.119 e. The minimum Gasteiger partial charge on any atom is -0.497 e. The average molecular weight is 853 g/mol. The molecule has 59 heavy (non-hydrogen) atoms. The molecule has 2 N–H and O–H groups in total. The molecule has 1 aromatic heterocycles. The van der Waals surface area contributed by atoms with E-state index >= 15 is 0 Å². The van der Waals surface area contributed by atoms with Gasteiger partial charge in [-0.15, -0.1) is 6.58 Å². The lowest BCUT2D eigenvalue weighted by Gasteiger charge is -2.50. The van der Waals surface area contributed by atoms with Crippen molar-refractivity contribution >= 4 is 57.4 Å². The fourth-order valence-electron chi connectivity index (χ4n) is 9.23. The normalized spacial score (nSPS) is 20.9. The average Bonchev–Trinajstić information content (AvgIpc) is 3.55. The highest BCUT2D eigenvalue weighted by Crippen LogP contribution is 2.50. The number of fused-ring (bicyclic) bond motifs is 7. The summed E-state index contributed by atoms with van der Waals surface area (Å²) >= 11 is 19.2. The number of rotatable bonds is 14. The molecule has 0 radical (unpaired) electrons. The second-order valence-corrected chi connectivity index (χ2v) is 17.5. The van der Waals surface area contributed by atoms with Crippen molar-refractivity contribution in [2.24, 2.45) is 11.8 Å². The van der Waals surface area contributed by atoms with Gasteiger partial charge in [-0.3, -0.25) is 9.88 Å². The molecule has 6 atom stereocenters. The first-order valence-electron chi connectivity index (χ1n) is 21.1. The zero-order chi connectivity index (χ0) is 41.6. The van der Waals surface area contributed by atoms with E-state index in [9.17, 15) is 10.2 Å². The molecule has 4 aromatic carbocycles. The van der Waals surface area contributed by atoms with Gasteiger partial charge in [0, 0.05) is 45.8 Å². The Labute approximate surface area is 365 Å². The summed E-state index contributed by atoms with van der Waals surface area (Å²) in [4.78, 5) is 9.24. The quantitative estimate of drug-likeness (QED) is 0.106. The van der Waals surface area contributed by atoms with Crippen molar-refractivity contribution in [2.75, 3.05) is 39.8 Å². The summed E-state index contributed by atoms with van der Waals surface area (Å²) in [5.74, 6) is 2.01. The Hall–Kier alpha value is -3.72. The number of benzene rings is 4. The zero-order valence-electron chi connectivity index (χ0n) is 34.4. The topological polar surface area (TPSA) is 69.1 Å². The molecule has 3 aliphatic heterocycles. The van der Waals surface area contributed by atoms with Crippen molar-refractivity contribution in [3.8, 4) is 16.9 Å². The number of methoxy groups -OCH3 is 1. The Morgan fingerprint density at radius 2 is 1.59 bits per heavy atom. The Morgan fingerprint density at radius 1 is 0.864 bits per heavy atom. The van der Waals surface area contributed by atoms with Crippen LogP contribution in [0.15, 0.2) is 97.7 Å². The minimum absolute atomic E-state index is 0.178. The summed E-state index contributed by atoms with van der Waals surface area (Å²) in [7, 11) is 1.66. The van der Waals surface area contributed by atoms with Crippen molar-refractivity contribution in [3.05, 3.63) is 141 Å². The molecule has 9 rings (SSSR count). The third kappa shape index (κ3) is 9.76. The third-order valence-electron chi connectivity index (χ3n) is 12.4. The second kappa shape index (κ2) is 19.8. The first-order chi connectivity index (χ1) is 28.6. The number of aliphatic hydroxyl groups excluding tert-OH is 2. The van der Waals surface area contributed by atoms with Gasteiger partial charge in [0.15, 0.2) is 0 Å². The largest absolute Gasteiger partial charge is 0.497 e. The molecule has 0 spiro atoms. The Bertz CT molecular complexity index is 2270. The molecule has 9 heteroatoms. The second-order valence-electron chi connectivity index (χ2n) is 16.2. The third-order valence-corrected chi connectivity index (χ3v) is 13.1. The van der Waals surface area contributed by atoms with E-state index in [1.807, 2.05) is 72.8 Å². The molecule has 0 amide bonds. The van der Waals surface area contributed by atoms with E-state index in [1.54, 1.807) is 13.3 Å². The maximum atomic E-state index is 11.5. The lowest BCUT2D eigenvalue weighted by atomic mass is 9.73. The molecule has 0 saturated carbocycles. The number of piperidine rings is 3. The first kappa shape index (κ1) is 43.4. The number of hydrogen-bond donors (Lipinski definition) is 2. The van der Waals surface area contributed by atoms with Gasteiger partial charge < -0.3 is 19.8 Å². The Balaban J connectivity index is 0.000000191. The van der Waals surface area contributed by atoms with Crippen LogP contribution in [0.1, 0.15) is 92.4 Å². The molecule has 5 aromatic rings. The number of pyridine rings is 1. The summed E-state index contributed by atoms with van der Waals surface area (Å²) < 4.78 is 5.35. The number of ether oxygens (including phenoxy) is 1. The maximum absolute atomic E-state index is 11.5. The molecule has 2 unspecified atom stereocenters. The summed E-state index contributed by atoms with van der Waals surface area (Å²) in [5, 5.41) is 25.6. The molecule has 3 saturated heterocycles. The van der Waals surface area contributed by atoms with E-state index < -0.39 is 12.2 Å². The maximum Gasteiger partial charge on any atom is 0.119 e. The molecular weight excluding hydrogens is 797 g/mol. The van der Waals surface area contributed by atoms with E-state index in [0.717, 1.165) is 119 Å². The Kier molecular flexibility index (Phi) is 14.5. The SMILES string of the molecule is C=C[C@H]1CN2CC[C@H]1C[C@H]2[C@H](O)c1ccnc2ccc(OC)cc12.CCCCN(CCCC)CC(O)c1cc(Cl)cc2c1-c1ccc(Cl)cc1/C2=C/c1ccc(Cl)cc1. The van der Waals surface area contributed by atoms with E-state index in [-0.39, 0.29) is 6.04 Å². The van der Waals surface area contributed by atoms with Crippen molar-refractivity contribution in [1.82, 2.24) is 14.8 Å². The number of hydrogen-bond acceptors (Lipinski definition) is 6. The van der Waals surface area contributed by atoms with Crippen LogP contribution in [0.3, 0.4) is 0 Å². The van der Waals surface area contributed by atoms with Crippen LogP contribution >= 0.6 is 34.8 Å². The van der Waals surface area contributed by atoms with Gasteiger partial charge in [-0.1, -0.05) is 85.8 Å². The lowest BCUT2D eigenvalue weighted by molar-refractivity contribution is -0.0444. The summed E-state index contributed by atoms with van der Waals surface area (Å²) in [5.41, 5.74) is 8.98. The van der Waals surface area contributed by atoms with Crippen molar-refractivity contribution < 1.29 is 14.9 Å². The van der Waals surface area contributed by atoms with Gasteiger partial charge in [-0.2, -0.15) is 0 Å². The highest BCUT2D eigenvalue weighted by Gasteiger charge is 2.42. The number of halogens is 3. The number of aliphatic hydroxyl groups is 2. The molecular formula is C50H56Cl3N3O3. The van der Waals surface area contributed by atoms with Crippen molar-refractivity contribution in [1.29, 1.82) is 0 Å². The zero-order valence-corrected chi connectivity index (χ0v) is 36.7. The van der Waals surface area contributed by atoms with E-state index in [0.29, 0.717) is 33.4 Å². The van der Waals surface area contributed by atoms with Crippen LogP contribution in [-0.4, -0.2) is 70.9 Å². The van der Waals surface area contributed by atoms with Gasteiger partial charge in [-0.25, -0.2) is 0 Å². The van der Waals surface area contributed by atoms with Crippen LogP contribution in [0.25, 0.3) is 33.7 Å². The lowest BCUT2D eigenvalue weighted by Crippen LogP contribution is -2.54. The van der Waals surface area contributed by atoms with Gasteiger partial charge in [-0.05, 0) is 168 Å². The van der Waals surface area contributed by atoms with Crippen LogP contribution in [0.5, 0.6) is 5.75 Å². The van der Waals surface area contributed by atoms with E-state index in [1.165, 1.54) is 6.42 Å². The van der Waals surface area contributed by atoms with Crippen molar-refractivity contribution in [3.63, 3.8) is 0 Å². The number of nitrogens with zero attached hydrogens (tertiary/aromatic N) is 3. The highest BCUT2D eigenvalue weighted by molar-refractivity contribution is 6.32. The standard InChI is InChI=1S/C30H32Cl3NO.C20H24N2O2/c1-3-5-13-34(14-6-4-2)19-29(35)28-18-23(33)17-27-25(15-20-7-9-21(31)10-8-20)26-16-22(32)11-12-24(26)30(27)28;1-3-13-12-22-9-7-14(13)10-19(22)20(23)16-6-8-21-18-5-4-15(24-2)11-17(16)18/h7-12,15-18,29,35H,3-6,13-14,19H2,1-2H3;3-6,8,11,13-14,19-20,23H,1,7,9-10,12H2,2H3/b25-15-;/t;13-,14-,19-,20+/m.0/s1. The fraction of sp³-hybridized carbons (Fsp3) is 0.380. The molecule has 4 aliphatic rings. The van der Waals surface area contributed by atoms with Crippen molar-refractivity contribution in [2.45, 2.75) is 70.6 Å². The predicted octanol–water partition coefficient (Wildman–Crippen LogP) is 12.3. The minimum atomic E-state index is -0.644. The molecule has 310 valence electrons. The van der Waals surface area contributed by atoms with Gasteiger partial charge in [0.25, 0.3) is 0 Å². The number of aromatic nitrogens is 1. The van der Waals surface area contributed by atoms with Gasteiger partial charge >= 0.3 is 0 Å². The highest BCUT2D eigenvalue weighted by atomic mass is 35.5. The predicted molar refractivity (Wildman–Crippen MR) is 247 cm³/mol. The molecule has 1 aliphatic carbocycles. The molecule has 4 heterocycles. The van der Waals surface area contributed by atoms with Crippen LogP contribution in [0.4, 0.5) is 0 Å². The van der Waals surface area contributed by atoms with Crippen LogP contribution in [-0.2, 0) is 0 Å². The van der Waals surface area contributed by atoms with Gasteiger partial charge in [0.1, 0.15) is 5.75 Å². The van der Waals surface area contributed by atoms with Gasteiger partial charge in [0.2, 0.25) is 0 Å². The first-order valence-corrected chi connectivity index (χ1v) is 22.2. The van der Waals surface area contributed by atoms with E-state index in [2.05, 4.69) is 53.4 Å². The van der Waals surface area contributed by atoms with Crippen LogP contribution in [0.2, 0.25) is 15.1 Å². The number of unbranched alkanes of at least 4 members (excludes halogenated alkanes) is 2. The van der Waals surface area contributed by atoms with Crippen LogP contribution in [0, 0.1) is 11.8 Å². The molecule has 6 nitrogen and oxygen atoms in total. The molecule has 3 fully saturated rings. The van der Waals surface area contributed by atoms with Crippen LogP contribution < -0.4 is 4.74 Å².